The first-order valence-electron chi connectivity index (χ1n) is 5.10. The third-order valence-electron chi connectivity index (χ3n) is 2.19. The second-order valence-corrected chi connectivity index (χ2v) is 4.76. The summed E-state index contributed by atoms with van der Waals surface area (Å²) < 4.78 is 6.25. The molecule has 8 heteroatoms. The van der Waals surface area contributed by atoms with Crippen molar-refractivity contribution in [3.8, 4) is 5.88 Å². The lowest BCUT2D eigenvalue weighted by atomic mass is 10.2. The van der Waals surface area contributed by atoms with Gasteiger partial charge >= 0.3 is 5.69 Å². The van der Waals surface area contributed by atoms with Crippen LogP contribution < -0.4 is 4.74 Å². The van der Waals surface area contributed by atoms with Gasteiger partial charge in [-0.05, 0) is 29.3 Å². The molecule has 0 saturated heterocycles. The molecule has 2 rings (SSSR count). The van der Waals surface area contributed by atoms with Crippen LogP contribution in [0.4, 0.5) is 5.69 Å². The summed E-state index contributed by atoms with van der Waals surface area (Å²) in [4.78, 5) is 17.4. The van der Waals surface area contributed by atoms with Crippen LogP contribution in [0, 0.1) is 10.1 Å². The summed E-state index contributed by atoms with van der Waals surface area (Å²) in [6.45, 7) is 0.154. The third-order valence-corrected chi connectivity index (χ3v) is 2.90. The molecule has 1 aromatic carbocycles. The fraction of sp³-hybridized carbons (Fsp3) is 0.0909. The Kier molecular flexibility index (Phi) is 4.28. The van der Waals surface area contributed by atoms with E-state index in [4.69, 9.17) is 16.3 Å². The van der Waals surface area contributed by atoms with Crippen molar-refractivity contribution in [3.05, 3.63) is 55.9 Å². The van der Waals surface area contributed by atoms with Crippen molar-refractivity contribution in [2.75, 3.05) is 0 Å². The van der Waals surface area contributed by atoms with Crippen molar-refractivity contribution >= 4 is 33.2 Å². The molecule has 0 bridgehead atoms. The van der Waals surface area contributed by atoms with Crippen molar-refractivity contribution in [1.29, 1.82) is 0 Å². The van der Waals surface area contributed by atoms with Crippen LogP contribution in [0.3, 0.4) is 0 Å². The maximum absolute atomic E-state index is 10.8. The van der Waals surface area contributed by atoms with Gasteiger partial charge in [-0.1, -0.05) is 28.1 Å². The monoisotopic (exact) mass is 343 g/mol. The summed E-state index contributed by atoms with van der Waals surface area (Å²) in [5.41, 5.74) is 0.536. The standard InChI is InChI=1S/C11H7BrClN3O3/c12-8-3-1-7(2-4-8)6-19-10-9(16(17)18)5-14-11(13)15-10/h1-5H,6H2. The molecular weight excluding hydrogens is 337 g/mol. The molecule has 0 spiro atoms. The number of rotatable bonds is 4. The average Bonchev–Trinajstić information content (AvgIpc) is 2.38. The van der Waals surface area contributed by atoms with Crippen LogP contribution in [0.1, 0.15) is 5.56 Å². The maximum atomic E-state index is 10.8. The summed E-state index contributed by atoms with van der Waals surface area (Å²) in [5.74, 6) is -0.145. The van der Waals surface area contributed by atoms with Crippen LogP contribution in [0.15, 0.2) is 34.9 Å². The maximum Gasteiger partial charge on any atom is 0.349 e. The minimum atomic E-state index is -0.618. The predicted molar refractivity (Wildman–Crippen MR) is 72.2 cm³/mol. The molecule has 0 amide bonds. The first-order valence-corrected chi connectivity index (χ1v) is 6.27. The number of hydrogen-bond donors (Lipinski definition) is 0. The summed E-state index contributed by atoms with van der Waals surface area (Å²) in [7, 11) is 0. The summed E-state index contributed by atoms with van der Waals surface area (Å²) in [6, 6.07) is 7.36. The molecule has 0 aliphatic carbocycles. The minimum absolute atomic E-state index is 0.101. The van der Waals surface area contributed by atoms with Gasteiger partial charge in [0.15, 0.2) is 0 Å². The zero-order valence-corrected chi connectivity index (χ0v) is 11.8. The molecule has 1 aromatic heterocycles. The lowest BCUT2D eigenvalue weighted by Crippen LogP contribution is -2.02. The number of nitro groups is 1. The molecule has 0 fully saturated rings. The number of halogens is 2. The molecule has 0 radical (unpaired) electrons. The van der Waals surface area contributed by atoms with E-state index in [9.17, 15) is 10.1 Å². The fourth-order valence-electron chi connectivity index (χ4n) is 1.30. The highest BCUT2D eigenvalue weighted by molar-refractivity contribution is 9.10. The van der Waals surface area contributed by atoms with Crippen molar-refractivity contribution < 1.29 is 9.66 Å². The number of ether oxygens (including phenoxy) is 1. The first kappa shape index (κ1) is 13.7. The highest BCUT2D eigenvalue weighted by Gasteiger charge is 2.18. The van der Waals surface area contributed by atoms with E-state index in [-0.39, 0.29) is 23.5 Å². The number of aromatic nitrogens is 2. The van der Waals surface area contributed by atoms with Crippen LogP contribution in [0.2, 0.25) is 5.28 Å². The van der Waals surface area contributed by atoms with Gasteiger partial charge in [-0.15, -0.1) is 0 Å². The van der Waals surface area contributed by atoms with Gasteiger partial charge in [0.25, 0.3) is 5.88 Å². The third kappa shape index (κ3) is 3.62. The Bertz CT molecular complexity index is 607. The molecule has 0 saturated carbocycles. The van der Waals surface area contributed by atoms with Crippen molar-refractivity contribution in [2.24, 2.45) is 0 Å². The van der Waals surface area contributed by atoms with Gasteiger partial charge in [0.1, 0.15) is 12.8 Å². The SMILES string of the molecule is O=[N+]([O-])c1cnc(Cl)nc1OCc1ccc(Br)cc1. The second kappa shape index (κ2) is 5.94. The van der Waals surface area contributed by atoms with Gasteiger partial charge < -0.3 is 4.74 Å². The summed E-state index contributed by atoms with van der Waals surface area (Å²) in [5, 5.41) is 10.7. The molecule has 6 nitrogen and oxygen atoms in total. The number of nitrogens with zero attached hydrogens (tertiary/aromatic N) is 3. The van der Waals surface area contributed by atoms with Crippen molar-refractivity contribution in [3.63, 3.8) is 0 Å². The summed E-state index contributed by atoms with van der Waals surface area (Å²) >= 11 is 8.91. The Morgan fingerprint density at radius 2 is 2.05 bits per heavy atom. The van der Waals surface area contributed by atoms with E-state index >= 15 is 0 Å². The van der Waals surface area contributed by atoms with E-state index in [1.807, 2.05) is 24.3 Å². The highest BCUT2D eigenvalue weighted by Crippen LogP contribution is 2.25. The first-order chi connectivity index (χ1) is 9.06. The lowest BCUT2D eigenvalue weighted by Gasteiger charge is -2.05. The Morgan fingerprint density at radius 3 is 2.68 bits per heavy atom. The smallest absolute Gasteiger partial charge is 0.349 e. The van der Waals surface area contributed by atoms with Crippen LogP contribution in [-0.4, -0.2) is 14.9 Å². The van der Waals surface area contributed by atoms with Gasteiger partial charge in [0.05, 0.1) is 4.92 Å². The molecular formula is C11H7BrClN3O3. The molecule has 19 heavy (non-hydrogen) atoms. The van der Waals surface area contributed by atoms with E-state index < -0.39 is 4.92 Å². The van der Waals surface area contributed by atoms with Crippen molar-refractivity contribution in [2.45, 2.75) is 6.61 Å². The Morgan fingerprint density at radius 1 is 1.37 bits per heavy atom. The van der Waals surface area contributed by atoms with E-state index in [0.29, 0.717) is 0 Å². The van der Waals surface area contributed by atoms with Gasteiger partial charge in [-0.2, -0.15) is 4.98 Å². The van der Waals surface area contributed by atoms with Gasteiger partial charge in [0, 0.05) is 4.47 Å². The van der Waals surface area contributed by atoms with Gasteiger partial charge in [-0.3, -0.25) is 10.1 Å². The largest absolute Gasteiger partial charge is 0.468 e. The topological polar surface area (TPSA) is 78.2 Å². The molecule has 0 N–H and O–H groups in total. The average molecular weight is 345 g/mol. The number of benzene rings is 1. The zero-order chi connectivity index (χ0) is 13.8. The highest BCUT2D eigenvalue weighted by atomic mass is 79.9. The van der Waals surface area contributed by atoms with Gasteiger partial charge in [0.2, 0.25) is 5.28 Å². The zero-order valence-electron chi connectivity index (χ0n) is 9.42. The molecule has 98 valence electrons. The van der Waals surface area contributed by atoms with Crippen LogP contribution in [0.5, 0.6) is 5.88 Å². The molecule has 2 aromatic rings. The Balaban J connectivity index is 2.16. The van der Waals surface area contributed by atoms with Crippen molar-refractivity contribution in [1.82, 2.24) is 9.97 Å². The Labute approximate surface area is 121 Å². The lowest BCUT2D eigenvalue weighted by molar-refractivity contribution is -0.386. The molecule has 0 unspecified atom stereocenters. The molecule has 0 aliphatic rings. The minimum Gasteiger partial charge on any atom is -0.468 e. The summed E-state index contributed by atoms with van der Waals surface area (Å²) in [6.07, 6.45) is 1.02. The fourth-order valence-corrected chi connectivity index (χ4v) is 1.69. The Hall–Kier alpha value is -1.73. The predicted octanol–water partition coefficient (Wildman–Crippen LogP) is 3.38. The van der Waals surface area contributed by atoms with Crippen LogP contribution >= 0.6 is 27.5 Å². The van der Waals surface area contributed by atoms with E-state index in [1.165, 1.54) is 0 Å². The van der Waals surface area contributed by atoms with E-state index in [2.05, 4.69) is 25.9 Å². The normalized spacial score (nSPS) is 10.2. The van der Waals surface area contributed by atoms with Crippen LogP contribution in [-0.2, 0) is 6.61 Å². The van der Waals surface area contributed by atoms with E-state index in [1.54, 1.807) is 0 Å². The number of hydrogen-bond acceptors (Lipinski definition) is 5. The molecule has 1 heterocycles. The molecule has 0 atom stereocenters. The second-order valence-electron chi connectivity index (χ2n) is 3.50. The van der Waals surface area contributed by atoms with Crippen LogP contribution in [0.25, 0.3) is 0 Å². The van der Waals surface area contributed by atoms with E-state index in [0.717, 1.165) is 16.2 Å². The quantitative estimate of drug-likeness (QED) is 0.482. The molecule has 0 aliphatic heterocycles. The van der Waals surface area contributed by atoms with Gasteiger partial charge in [-0.25, -0.2) is 4.98 Å².